The van der Waals surface area contributed by atoms with Gasteiger partial charge < -0.3 is 19.5 Å². The van der Waals surface area contributed by atoms with Crippen LogP contribution < -0.4 is 19.5 Å². The average molecular weight is 411 g/mol. The Balaban J connectivity index is 2.16. The number of benzene rings is 2. The van der Waals surface area contributed by atoms with Crippen molar-refractivity contribution in [2.45, 2.75) is 13.8 Å². The van der Waals surface area contributed by atoms with Gasteiger partial charge in [0.05, 0.1) is 27.0 Å². The molecule has 9 nitrogen and oxygen atoms in total. The van der Waals surface area contributed by atoms with E-state index in [2.05, 4.69) is 20.8 Å². The molecule has 0 saturated carbocycles. The van der Waals surface area contributed by atoms with Gasteiger partial charge in [-0.25, -0.2) is 4.68 Å². The van der Waals surface area contributed by atoms with Crippen molar-refractivity contribution in [1.29, 1.82) is 0 Å². The number of carbonyl (C=O) groups is 1. The van der Waals surface area contributed by atoms with Gasteiger partial charge in [0.1, 0.15) is 6.33 Å². The van der Waals surface area contributed by atoms with Gasteiger partial charge in [0.15, 0.2) is 11.5 Å². The van der Waals surface area contributed by atoms with Crippen LogP contribution in [-0.2, 0) is 0 Å². The van der Waals surface area contributed by atoms with Gasteiger partial charge in [-0.1, -0.05) is 13.8 Å². The summed E-state index contributed by atoms with van der Waals surface area (Å²) < 4.78 is 18.0. The lowest BCUT2D eigenvalue weighted by atomic mass is 9.99. The Kier molecular flexibility index (Phi) is 6.51. The predicted octanol–water partition coefficient (Wildman–Crippen LogP) is 2.74. The number of rotatable bonds is 8. The van der Waals surface area contributed by atoms with Crippen molar-refractivity contribution >= 4 is 5.91 Å². The number of nitrogens with zero attached hydrogens (tertiary/aromatic N) is 4. The highest BCUT2D eigenvalue weighted by Gasteiger charge is 2.19. The highest BCUT2D eigenvalue weighted by atomic mass is 16.5. The second-order valence-corrected chi connectivity index (χ2v) is 7.01. The molecule has 0 aliphatic heterocycles. The molecule has 1 aromatic heterocycles. The maximum atomic E-state index is 12.8. The van der Waals surface area contributed by atoms with Crippen LogP contribution in [0.2, 0.25) is 0 Å². The molecular formula is C21H25N5O4. The molecule has 0 aliphatic carbocycles. The maximum absolute atomic E-state index is 12.8. The lowest BCUT2D eigenvalue weighted by molar-refractivity contribution is 0.0949. The van der Waals surface area contributed by atoms with Crippen LogP contribution in [0.3, 0.4) is 0 Å². The first-order valence-corrected chi connectivity index (χ1v) is 9.44. The summed E-state index contributed by atoms with van der Waals surface area (Å²) in [5.74, 6) is 1.67. The molecule has 0 aliphatic rings. The molecule has 0 saturated heterocycles. The predicted molar refractivity (Wildman–Crippen MR) is 111 cm³/mol. The van der Waals surface area contributed by atoms with Crippen molar-refractivity contribution in [2.75, 3.05) is 27.9 Å². The number of amides is 1. The van der Waals surface area contributed by atoms with Crippen LogP contribution in [0.15, 0.2) is 36.7 Å². The van der Waals surface area contributed by atoms with Crippen LogP contribution in [0.25, 0.3) is 16.8 Å². The summed E-state index contributed by atoms with van der Waals surface area (Å²) in [4.78, 5) is 12.8. The SMILES string of the molecule is COc1ccc(-c2cc(C(=O)NCC(C)C)cc(-n3cnnn3)c2)c(OC)c1OC. The minimum Gasteiger partial charge on any atom is -0.493 e. The normalized spacial score (nSPS) is 10.7. The Morgan fingerprint density at radius 2 is 1.83 bits per heavy atom. The summed E-state index contributed by atoms with van der Waals surface area (Å²) in [6, 6.07) is 9.06. The molecule has 0 radical (unpaired) electrons. The molecule has 3 rings (SSSR count). The standard InChI is InChI=1S/C21H25N5O4/c1-13(2)11-22-21(27)15-8-14(9-16(10-15)26-12-23-24-25-26)17-6-7-18(28-3)20(30-5)19(17)29-4/h6-10,12-13H,11H2,1-5H3,(H,22,27). The fourth-order valence-corrected chi connectivity index (χ4v) is 3.04. The van der Waals surface area contributed by atoms with E-state index in [0.29, 0.717) is 41.0 Å². The zero-order valence-electron chi connectivity index (χ0n) is 17.7. The molecule has 1 N–H and O–H groups in total. The fraction of sp³-hybridized carbons (Fsp3) is 0.333. The van der Waals surface area contributed by atoms with E-state index < -0.39 is 0 Å². The molecule has 0 spiro atoms. The zero-order chi connectivity index (χ0) is 21.7. The quantitative estimate of drug-likeness (QED) is 0.608. The third-order valence-electron chi connectivity index (χ3n) is 4.48. The number of nitrogens with one attached hydrogen (secondary N) is 1. The van der Waals surface area contributed by atoms with Crippen LogP contribution in [0.4, 0.5) is 0 Å². The van der Waals surface area contributed by atoms with Crippen molar-refractivity contribution < 1.29 is 19.0 Å². The smallest absolute Gasteiger partial charge is 0.251 e. The minimum absolute atomic E-state index is 0.181. The molecule has 158 valence electrons. The lowest BCUT2D eigenvalue weighted by Gasteiger charge is -2.17. The topological polar surface area (TPSA) is 100 Å². The third kappa shape index (κ3) is 4.35. The van der Waals surface area contributed by atoms with Gasteiger partial charge in [0.25, 0.3) is 5.91 Å². The van der Waals surface area contributed by atoms with Gasteiger partial charge >= 0.3 is 0 Å². The average Bonchev–Trinajstić information content (AvgIpc) is 3.30. The Morgan fingerprint density at radius 3 is 2.43 bits per heavy atom. The van der Waals surface area contributed by atoms with Gasteiger partial charge in [-0.3, -0.25) is 4.79 Å². The number of ether oxygens (including phenoxy) is 3. The molecule has 2 aromatic carbocycles. The van der Waals surface area contributed by atoms with E-state index in [1.807, 2.05) is 26.0 Å². The van der Waals surface area contributed by atoms with Crippen molar-refractivity contribution in [3.8, 4) is 34.1 Å². The van der Waals surface area contributed by atoms with Gasteiger partial charge in [0.2, 0.25) is 5.75 Å². The number of hydrogen-bond donors (Lipinski definition) is 1. The van der Waals surface area contributed by atoms with Crippen molar-refractivity contribution in [2.24, 2.45) is 5.92 Å². The molecule has 30 heavy (non-hydrogen) atoms. The Hall–Kier alpha value is -3.62. The van der Waals surface area contributed by atoms with E-state index in [4.69, 9.17) is 14.2 Å². The first kappa shape index (κ1) is 21.1. The zero-order valence-corrected chi connectivity index (χ0v) is 17.7. The van der Waals surface area contributed by atoms with Crippen LogP contribution >= 0.6 is 0 Å². The number of tetrazole rings is 1. The number of carbonyl (C=O) groups excluding carboxylic acids is 1. The van der Waals surface area contributed by atoms with E-state index in [-0.39, 0.29) is 5.91 Å². The molecule has 0 bridgehead atoms. The van der Waals surface area contributed by atoms with E-state index >= 15 is 0 Å². The summed E-state index contributed by atoms with van der Waals surface area (Å²) in [7, 11) is 4.67. The molecule has 1 amide bonds. The highest BCUT2D eigenvalue weighted by Crippen LogP contribution is 2.44. The summed E-state index contributed by atoms with van der Waals surface area (Å²) in [6.45, 7) is 4.65. The van der Waals surface area contributed by atoms with E-state index in [0.717, 1.165) is 11.1 Å². The van der Waals surface area contributed by atoms with E-state index in [9.17, 15) is 4.79 Å². The highest BCUT2D eigenvalue weighted by molar-refractivity contribution is 5.96. The number of aromatic nitrogens is 4. The van der Waals surface area contributed by atoms with Crippen LogP contribution in [0, 0.1) is 5.92 Å². The molecule has 0 fully saturated rings. The first-order chi connectivity index (χ1) is 14.5. The molecular weight excluding hydrogens is 386 g/mol. The van der Waals surface area contributed by atoms with E-state index in [1.165, 1.54) is 11.0 Å². The summed E-state index contributed by atoms with van der Waals surface area (Å²) >= 11 is 0. The Labute approximate surface area is 175 Å². The lowest BCUT2D eigenvalue weighted by Crippen LogP contribution is -2.27. The maximum Gasteiger partial charge on any atom is 0.251 e. The van der Waals surface area contributed by atoms with E-state index in [1.54, 1.807) is 39.5 Å². The summed E-state index contributed by atoms with van der Waals surface area (Å²) in [5.41, 5.74) is 2.61. The fourth-order valence-electron chi connectivity index (χ4n) is 3.04. The largest absolute Gasteiger partial charge is 0.493 e. The van der Waals surface area contributed by atoms with Crippen molar-refractivity contribution in [3.63, 3.8) is 0 Å². The summed E-state index contributed by atoms with van der Waals surface area (Å²) in [5, 5.41) is 14.3. The Bertz CT molecular complexity index is 1020. The van der Waals surface area contributed by atoms with Gasteiger partial charge in [0, 0.05) is 17.7 Å². The number of methoxy groups -OCH3 is 3. The van der Waals surface area contributed by atoms with Gasteiger partial charge in [-0.15, -0.1) is 5.10 Å². The summed E-state index contributed by atoms with van der Waals surface area (Å²) in [6.07, 6.45) is 1.47. The number of hydrogen-bond acceptors (Lipinski definition) is 7. The monoisotopic (exact) mass is 411 g/mol. The molecule has 3 aromatic rings. The Morgan fingerprint density at radius 1 is 1.07 bits per heavy atom. The van der Waals surface area contributed by atoms with Crippen LogP contribution in [0.5, 0.6) is 17.2 Å². The van der Waals surface area contributed by atoms with Gasteiger partial charge in [-0.05, 0) is 52.2 Å². The van der Waals surface area contributed by atoms with Crippen LogP contribution in [0.1, 0.15) is 24.2 Å². The van der Waals surface area contributed by atoms with Crippen LogP contribution in [-0.4, -0.2) is 54.0 Å². The first-order valence-electron chi connectivity index (χ1n) is 9.44. The molecule has 1 heterocycles. The minimum atomic E-state index is -0.181. The van der Waals surface area contributed by atoms with Crippen molar-refractivity contribution in [3.05, 3.63) is 42.2 Å². The molecule has 9 heteroatoms. The van der Waals surface area contributed by atoms with Gasteiger partial charge in [-0.2, -0.15) is 0 Å². The second kappa shape index (κ2) is 9.25. The second-order valence-electron chi connectivity index (χ2n) is 7.01. The molecule has 0 atom stereocenters. The van der Waals surface area contributed by atoms with Crippen molar-refractivity contribution in [1.82, 2.24) is 25.5 Å². The third-order valence-corrected chi connectivity index (χ3v) is 4.48. The molecule has 0 unspecified atom stereocenters.